The third-order valence-corrected chi connectivity index (χ3v) is 9.88. The number of pyridine rings is 1. The van der Waals surface area contributed by atoms with E-state index in [0.29, 0.717) is 24.5 Å². The molecule has 2 bridgehead atoms. The van der Waals surface area contributed by atoms with Crippen LogP contribution in [0.5, 0.6) is 0 Å². The lowest BCUT2D eigenvalue weighted by Gasteiger charge is -2.29. The van der Waals surface area contributed by atoms with Crippen molar-refractivity contribution in [1.82, 2.24) is 41.0 Å². The van der Waals surface area contributed by atoms with Gasteiger partial charge in [0, 0.05) is 37.4 Å². The molecule has 3 heterocycles. The Kier molecular flexibility index (Phi) is 12.7. The molecule has 0 spiro atoms. The van der Waals surface area contributed by atoms with Crippen molar-refractivity contribution in [1.29, 1.82) is 0 Å². The molecule has 52 heavy (non-hydrogen) atoms. The second-order valence-corrected chi connectivity index (χ2v) is 14.4. The Morgan fingerprint density at radius 3 is 2.29 bits per heavy atom. The highest BCUT2D eigenvalue weighted by atomic mass is 32.1. The maximum atomic E-state index is 13.8. The van der Waals surface area contributed by atoms with Crippen LogP contribution in [-0.4, -0.2) is 94.1 Å². The number of thiazole rings is 1. The number of aromatic nitrogens is 2. The second kappa shape index (κ2) is 17.3. The maximum absolute atomic E-state index is 13.8. The van der Waals surface area contributed by atoms with Crippen molar-refractivity contribution in [3.63, 3.8) is 0 Å². The van der Waals surface area contributed by atoms with Gasteiger partial charge in [-0.25, -0.2) is 4.98 Å². The summed E-state index contributed by atoms with van der Waals surface area (Å²) in [6.07, 6.45) is 0.430. The van der Waals surface area contributed by atoms with Crippen molar-refractivity contribution in [3.8, 4) is 0 Å². The molecule has 274 valence electrons. The van der Waals surface area contributed by atoms with E-state index in [1.54, 1.807) is 33.2 Å². The zero-order valence-electron chi connectivity index (χ0n) is 30.1. The Labute approximate surface area is 307 Å². The van der Waals surface area contributed by atoms with Crippen LogP contribution in [0.15, 0.2) is 72.1 Å². The summed E-state index contributed by atoms with van der Waals surface area (Å²) in [6, 6.07) is 18.0. The van der Waals surface area contributed by atoms with Gasteiger partial charge in [0.2, 0.25) is 23.6 Å². The average molecular weight is 727 g/mol. The summed E-state index contributed by atoms with van der Waals surface area (Å²) in [4.78, 5) is 79.9. The van der Waals surface area contributed by atoms with Crippen LogP contribution in [0.2, 0.25) is 0 Å². The first-order valence-electron chi connectivity index (χ1n) is 17.4. The molecule has 0 saturated heterocycles. The predicted octanol–water partition coefficient (Wildman–Crippen LogP) is 2.83. The lowest BCUT2D eigenvalue weighted by Crippen LogP contribution is -2.57. The minimum absolute atomic E-state index is 0.00575. The van der Waals surface area contributed by atoms with E-state index in [-0.39, 0.29) is 36.5 Å². The molecule has 5 rings (SSSR count). The normalized spacial score (nSPS) is 22.0. The van der Waals surface area contributed by atoms with E-state index in [0.717, 1.165) is 22.2 Å². The van der Waals surface area contributed by atoms with Gasteiger partial charge < -0.3 is 26.2 Å². The molecule has 5 amide bonds. The average Bonchev–Trinajstić information content (AvgIpc) is 3.62. The highest BCUT2D eigenvalue weighted by Crippen LogP contribution is 2.23. The van der Waals surface area contributed by atoms with Crippen molar-refractivity contribution >= 4 is 51.8 Å². The van der Waals surface area contributed by atoms with Gasteiger partial charge in [0.1, 0.15) is 28.8 Å². The molecule has 4 N–H and O–H groups in total. The molecule has 4 aromatic rings. The van der Waals surface area contributed by atoms with Crippen molar-refractivity contribution in [3.05, 3.63) is 94.1 Å². The van der Waals surface area contributed by atoms with Gasteiger partial charge >= 0.3 is 0 Å². The van der Waals surface area contributed by atoms with E-state index in [1.165, 1.54) is 23.2 Å². The second-order valence-electron chi connectivity index (χ2n) is 13.5. The van der Waals surface area contributed by atoms with Gasteiger partial charge in [0.15, 0.2) is 0 Å². The minimum atomic E-state index is -0.992. The number of nitrogens with one attached hydrogen (secondary N) is 4. The fraction of sp³-hybridized carbons (Fsp3) is 0.395. The van der Waals surface area contributed by atoms with E-state index < -0.39 is 41.9 Å². The molecular formula is C38H46N8O5S. The Bertz CT molecular complexity index is 1900. The summed E-state index contributed by atoms with van der Waals surface area (Å²) in [6.45, 7) is 7.60. The predicted molar refractivity (Wildman–Crippen MR) is 199 cm³/mol. The molecule has 0 unspecified atom stereocenters. The monoisotopic (exact) mass is 726 g/mol. The van der Waals surface area contributed by atoms with Crippen LogP contribution >= 0.6 is 11.3 Å². The topological polar surface area (TPSA) is 166 Å². The van der Waals surface area contributed by atoms with E-state index in [2.05, 4.69) is 26.3 Å². The summed E-state index contributed by atoms with van der Waals surface area (Å²) in [7, 11) is 1.65. The summed E-state index contributed by atoms with van der Waals surface area (Å²) >= 11 is 1.24. The number of amides is 5. The number of nitrogens with zero attached hydrogens (tertiary/aromatic N) is 4. The summed E-state index contributed by atoms with van der Waals surface area (Å²) in [5, 5.41) is 14.4. The van der Waals surface area contributed by atoms with Gasteiger partial charge in [-0.3, -0.25) is 33.9 Å². The number of rotatable bonds is 5. The third-order valence-electron chi connectivity index (χ3n) is 8.92. The lowest BCUT2D eigenvalue weighted by molar-refractivity contribution is -0.136. The van der Waals surface area contributed by atoms with Gasteiger partial charge in [-0.15, -0.1) is 11.3 Å². The molecule has 13 nitrogen and oxygen atoms in total. The summed E-state index contributed by atoms with van der Waals surface area (Å²) in [5.74, 6) is -2.55. The zero-order valence-corrected chi connectivity index (χ0v) is 30.9. The molecule has 0 saturated carbocycles. The van der Waals surface area contributed by atoms with Crippen LogP contribution in [0.1, 0.15) is 60.5 Å². The Morgan fingerprint density at radius 2 is 1.54 bits per heavy atom. The molecule has 0 fully saturated rings. The fourth-order valence-electron chi connectivity index (χ4n) is 5.93. The number of fused-ring (bicyclic) bond motifs is 3. The number of carbonyl (C=O) groups is 5. The van der Waals surface area contributed by atoms with E-state index in [1.807, 2.05) is 71.6 Å². The number of benzene rings is 2. The van der Waals surface area contributed by atoms with Crippen molar-refractivity contribution in [2.75, 3.05) is 26.7 Å². The van der Waals surface area contributed by atoms with Gasteiger partial charge in [-0.2, -0.15) is 0 Å². The van der Waals surface area contributed by atoms with Crippen molar-refractivity contribution < 1.29 is 24.0 Å². The number of hydrogen-bond acceptors (Lipinski definition) is 9. The molecule has 1 aliphatic rings. The fourth-order valence-corrected chi connectivity index (χ4v) is 6.78. The first kappa shape index (κ1) is 38.0. The number of likely N-dealkylation sites (N-methyl/N-ethyl adjacent to an activating group) is 1. The molecular weight excluding hydrogens is 681 g/mol. The lowest BCUT2D eigenvalue weighted by atomic mass is 10.0. The van der Waals surface area contributed by atoms with Crippen LogP contribution in [0.25, 0.3) is 10.9 Å². The number of para-hydroxylation sites is 1. The number of carbonyl (C=O) groups excluding carboxylic acids is 5. The highest BCUT2D eigenvalue weighted by molar-refractivity contribution is 7.09. The summed E-state index contributed by atoms with van der Waals surface area (Å²) in [5.41, 5.74) is 2.68. The Balaban J connectivity index is 1.45. The van der Waals surface area contributed by atoms with Crippen LogP contribution in [0, 0.1) is 5.92 Å². The SMILES string of the molecule is CC(C)[C@@H]1NC(=O)[C@H](C)NC(=O)c2csc(n2)[C@H](Cc2ccccc2)NC(=O)CN(Cc2ccc3ccccc3n2)CCN(C)C(=O)[C@@H](C)NC1=O. The van der Waals surface area contributed by atoms with Crippen molar-refractivity contribution in [2.24, 2.45) is 5.92 Å². The Morgan fingerprint density at radius 1 is 0.808 bits per heavy atom. The van der Waals surface area contributed by atoms with Gasteiger partial charge in [-0.1, -0.05) is 68.4 Å². The van der Waals surface area contributed by atoms with Gasteiger partial charge in [-0.05, 0) is 43.9 Å². The largest absolute Gasteiger partial charge is 0.345 e. The van der Waals surface area contributed by atoms with E-state index in [4.69, 9.17) is 4.98 Å². The van der Waals surface area contributed by atoms with E-state index in [9.17, 15) is 24.0 Å². The highest BCUT2D eigenvalue weighted by Gasteiger charge is 2.31. The smallest absolute Gasteiger partial charge is 0.271 e. The molecule has 2 aromatic heterocycles. The number of hydrogen-bond donors (Lipinski definition) is 4. The van der Waals surface area contributed by atoms with Crippen LogP contribution < -0.4 is 21.3 Å². The van der Waals surface area contributed by atoms with E-state index >= 15 is 0 Å². The molecule has 2 aromatic carbocycles. The summed E-state index contributed by atoms with van der Waals surface area (Å²) < 4.78 is 0. The molecule has 1 aliphatic heterocycles. The van der Waals surface area contributed by atoms with Gasteiger partial charge in [0.05, 0.1) is 23.8 Å². The van der Waals surface area contributed by atoms with Gasteiger partial charge in [0.25, 0.3) is 5.91 Å². The zero-order chi connectivity index (χ0) is 37.4. The third kappa shape index (κ3) is 9.98. The van der Waals surface area contributed by atoms with Crippen LogP contribution in [0.3, 0.4) is 0 Å². The standard InChI is InChI=1S/C38H46N8O5S/c1-23(2)33-36(50)40-25(4)38(51)45(5)17-18-46(20-28-16-15-27-13-9-10-14-29(27)41-28)21-32(47)42-30(19-26-11-7-6-8-12-26)37-43-31(22-52-37)35(49)39-24(3)34(48)44-33/h6-16,22-25,30,33H,17-21H2,1-5H3,(H,39,49)(H,40,50)(H,42,47)(H,44,48)/t24-,25+,30-,33-/m0/s1. The van der Waals surface area contributed by atoms with Crippen LogP contribution in [0.4, 0.5) is 0 Å². The minimum Gasteiger partial charge on any atom is -0.345 e. The molecule has 14 heteroatoms. The molecule has 4 atom stereocenters. The molecule has 0 radical (unpaired) electrons. The van der Waals surface area contributed by atoms with Crippen LogP contribution in [-0.2, 0) is 32.1 Å². The molecule has 0 aliphatic carbocycles. The quantitative estimate of drug-likeness (QED) is 0.244. The maximum Gasteiger partial charge on any atom is 0.271 e. The first-order chi connectivity index (χ1) is 24.9. The van der Waals surface area contributed by atoms with Crippen molar-refractivity contribution in [2.45, 2.75) is 64.8 Å². The Hall–Kier alpha value is -5.21. The first-order valence-corrected chi connectivity index (χ1v) is 18.3.